The Morgan fingerprint density at radius 2 is 2.00 bits per heavy atom. The summed E-state index contributed by atoms with van der Waals surface area (Å²) in [6.07, 6.45) is 1.92. The maximum Gasteiger partial charge on any atom is 0.323 e. The van der Waals surface area contributed by atoms with Gasteiger partial charge in [0.2, 0.25) is 0 Å². The van der Waals surface area contributed by atoms with Crippen molar-refractivity contribution in [2.75, 3.05) is 19.6 Å². The van der Waals surface area contributed by atoms with Crippen LogP contribution in [0.1, 0.15) is 26.7 Å². The lowest BCUT2D eigenvalue weighted by atomic mass is 10.3. The predicted molar refractivity (Wildman–Crippen MR) is 53.2 cm³/mol. The van der Waals surface area contributed by atoms with E-state index in [1.54, 1.807) is 6.92 Å². The monoisotopic (exact) mass is 202 g/mol. The van der Waals surface area contributed by atoms with Gasteiger partial charge in [0.05, 0.1) is 0 Å². The topological polar surface area (TPSA) is 69.6 Å². The molecule has 0 aromatic carbocycles. The second-order valence-electron chi connectivity index (χ2n) is 2.99. The summed E-state index contributed by atoms with van der Waals surface area (Å²) in [5.74, 6) is -0.988. The average Bonchev–Trinajstić information content (AvgIpc) is 2.14. The average molecular weight is 202 g/mol. The summed E-state index contributed by atoms with van der Waals surface area (Å²) in [4.78, 5) is 23.0. The van der Waals surface area contributed by atoms with Gasteiger partial charge in [-0.2, -0.15) is 0 Å². The maximum absolute atomic E-state index is 11.3. The van der Waals surface area contributed by atoms with E-state index in [2.05, 4.69) is 5.32 Å². The molecule has 0 rings (SSSR count). The highest BCUT2D eigenvalue weighted by Gasteiger charge is 2.13. The van der Waals surface area contributed by atoms with Gasteiger partial charge in [-0.25, -0.2) is 4.79 Å². The molecule has 0 saturated heterocycles. The molecule has 0 heterocycles. The maximum atomic E-state index is 11.3. The minimum atomic E-state index is -0.988. The van der Waals surface area contributed by atoms with Crippen molar-refractivity contribution in [3.05, 3.63) is 0 Å². The van der Waals surface area contributed by atoms with E-state index >= 15 is 0 Å². The number of carbonyl (C=O) groups excluding carboxylic acids is 1. The number of amides is 2. The van der Waals surface area contributed by atoms with Crippen LogP contribution in [0, 0.1) is 0 Å². The van der Waals surface area contributed by atoms with Crippen molar-refractivity contribution in [3.8, 4) is 0 Å². The van der Waals surface area contributed by atoms with E-state index in [1.807, 2.05) is 6.92 Å². The van der Waals surface area contributed by atoms with Gasteiger partial charge in [-0.05, 0) is 13.3 Å². The number of urea groups is 1. The molecule has 14 heavy (non-hydrogen) atoms. The molecule has 5 nitrogen and oxygen atoms in total. The van der Waals surface area contributed by atoms with Gasteiger partial charge in [-0.1, -0.05) is 13.3 Å². The third-order valence-electron chi connectivity index (χ3n) is 1.80. The highest BCUT2D eigenvalue weighted by molar-refractivity contribution is 5.79. The van der Waals surface area contributed by atoms with Gasteiger partial charge in [0, 0.05) is 13.1 Å². The molecule has 0 bridgehead atoms. The Labute approximate surface area is 84.1 Å². The van der Waals surface area contributed by atoms with E-state index in [4.69, 9.17) is 5.11 Å². The lowest BCUT2D eigenvalue weighted by molar-refractivity contribution is -0.137. The van der Waals surface area contributed by atoms with Crippen LogP contribution in [0.25, 0.3) is 0 Å². The second-order valence-corrected chi connectivity index (χ2v) is 2.99. The van der Waals surface area contributed by atoms with Crippen LogP contribution in [0.15, 0.2) is 0 Å². The summed E-state index contributed by atoms with van der Waals surface area (Å²) in [5.41, 5.74) is 0. The zero-order chi connectivity index (χ0) is 11.0. The van der Waals surface area contributed by atoms with Crippen LogP contribution in [-0.4, -0.2) is 41.6 Å². The van der Waals surface area contributed by atoms with Crippen LogP contribution in [-0.2, 0) is 4.79 Å². The Hall–Kier alpha value is -1.26. The third-order valence-corrected chi connectivity index (χ3v) is 1.80. The third kappa shape index (κ3) is 5.40. The van der Waals surface area contributed by atoms with Gasteiger partial charge in [0.15, 0.2) is 0 Å². The number of hydrogen-bond donors (Lipinski definition) is 2. The fourth-order valence-electron chi connectivity index (χ4n) is 0.974. The van der Waals surface area contributed by atoms with E-state index in [0.717, 1.165) is 12.8 Å². The van der Waals surface area contributed by atoms with Crippen LogP contribution < -0.4 is 5.32 Å². The molecular weight excluding hydrogens is 184 g/mol. The molecule has 0 aliphatic carbocycles. The fraction of sp³-hybridized carbons (Fsp3) is 0.778. The van der Waals surface area contributed by atoms with Crippen molar-refractivity contribution in [2.45, 2.75) is 26.7 Å². The van der Waals surface area contributed by atoms with Crippen molar-refractivity contribution in [1.82, 2.24) is 10.2 Å². The molecule has 0 spiro atoms. The fourth-order valence-corrected chi connectivity index (χ4v) is 0.974. The molecule has 0 aliphatic rings. The molecule has 0 aromatic heterocycles. The number of carboxylic acid groups (broad SMARTS) is 1. The van der Waals surface area contributed by atoms with E-state index in [0.29, 0.717) is 13.1 Å². The Bertz CT molecular complexity index is 194. The van der Waals surface area contributed by atoms with Crippen molar-refractivity contribution >= 4 is 12.0 Å². The summed E-state index contributed by atoms with van der Waals surface area (Å²) < 4.78 is 0. The Kier molecular flexibility index (Phi) is 6.53. The lowest BCUT2D eigenvalue weighted by Gasteiger charge is -2.18. The molecule has 0 radical (unpaired) electrons. The molecule has 2 N–H and O–H groups in total. The molecule has 5 heteroatoms. The minimum absolute atomic E-state index is 0.242. The van der Waals surface area contributed by atoms with Gasteiger partial charge >= 0.3 is 12.0 Å². The first-order chi connectivity index (χ1) is 6.61. The second kappa shape index (κ2) is 7.17. The molecule has 2 amide bonds. The summed E-state index contributed by atoms with van der Waals surface area (Å²) >= 11 is 0. The molecule has 0 fully saturated rings. The number of nitrogens with one attached hydrogen (secondary N) is 1. The number of nitrogens with zero attached hydrogens (tertiary/aromatic N) is 1. The van der Waals surface area contributed by atoms with Crippen LogP contribution in [0.2, 0.25) is 0 Å². The molecule has 0 aliphatic heterocycles. The van der Waals surface area contributed by atoms with Gasteiger partial charge in [-0.15, -0.1) is 0 Å². The number of carboxylic acids is 1. The number of hydrogen-bond acceptors (Lipinski definition) is 2. The Balaban J connectivity index is 3.85. The number of carbonyl (C=O) groups is 2. The standard InChI is InChI=1S/C9H18N2O3/c1-3-5-6-10-9(14)11(4-2)7-8(12)13/h3-7H2,1-2H3,(H,10,14)(H,12,13). The first-order valence-corrected chi connectivity index (χ1v) is 4.86. The van der Waals surface area contributed by atoms with E-state index in [1.165, 1.54) is 4.90 Å². The molecule has 0 unspecified atom stereocenters. The van der Waals surface area contributed by atoms with Crippen LogP contribution in [0.3, 0.4) is 0 Å². The number of rotatable bonds is 6. The van der Waals surface area contributed by atoms with Crippen LogP contribution in [0.5, 0.6) is 0 Å². The van der Waals surface area contributed by atoms with Crippen LogP contribution in [0.4, 0.5) is 4.79 Å². The zero-order valence-corrected chi connectivity index (χ0v) is 8.75. The highest BCUT2D eigenvalue weighted by Crippen LogP contribution is 1.90. The summed E-state index contributed by atoms with van der Waals surface area (Å²) in [6.45, 7) is 4.55. The number of unbranched alkanes of at least 4 members (excludes halogenated alkanes) is 1. The summed E-state index contributed by atoms with van der Waals surface area (Å²) in [7, 11) is 0. The number of likely N-dealkylation sites (N-methyl/N-ethyl adjacent to an activating group) is 1. The van der Waals surface area contributed by atoms with Crippen LogP contribution >= 0.6 is 0 Å². The molecular formula is C9H18N2O3. The zero-order valence-electron chi connectivity index (χ0n) is 8.75. The lowest BCUT2D eigenvalue weighted by Crippen LogP contribution is -2.42. The molecule has 0 atom stereocenters. The summed E-state index contributed by atoms with van der Waals surface area (Å²) in [6, 6.07) is -0.302. The van der Waals surface area contributed by atoms with Crippen molar-refractivity contribution in [2.24, 2.45) is 0 Å². The van der Waals surface area contributed by atoms with E-state index in [-0.39, 0.29) is 12.6 Å². The molecule has 82 valence electrons. The minimum Gasteiger partial charge on any atom is -0.480 e. The summed E-state index contributed by atoms with van der Waals surface area (Å²) in [5, 5.41) is 11.2. The van der Waals surface area contributed by atoms with Crippen molar-refractivity contribution < 1.29 is 14.7 Å². The van der Waals surface area contributed by atoms with E-state index in [9.17, 15) is 9.59 Å². The molecule has 0 saturated carbocycles. The van der Waals surface area contributed by atoms with Gasteiger partial charge in [-0.3, -0.25) is 4.79 Å². The largest absolute Gasteiger partial charge is 0.480 e. The van der Waals surface area contributed by atoms with E-state index < -0.39 is 5.97 Å². The smallest absolute Gasteiger partial charge is 0.323 e. The van der Waals surface area contributed by atoms with Crippen molar-refractivity contribution in [1.29, 1.82) is 0 Å². The first-order valence-electron chi connectivity index (χ1n) is 4.86. The Morgan fingerprint density at radius 3 is 2.43 bits per heavy atom. The first kappa shape index (κ1) is 12.7. The quantitative estimate of drug-likeness (QED) is 0.629. The SMILES string of the molecule is CCCCNC(=O)N(CC)CC(=O)O. The Morgan fingerprint density at radius 1 is 1.36 bits per heavy atom. The predicted octanol–water partition coefficient (Wildman–Crippen LogP) is 0.903. The highest BCUT2D eigenvalue weighted by atomic mass is 16.4. The molecule has 0 aromatic rings. The van der Waals surface area contributed by atoms with Gasteiger partial charge < -0.3 is 15.3 Å². The van der Waals surface area contributed by atoms with Gasteiger partial charge in [0.1, 0.15) is 6.54 Å². The van der Waals surface area contributed by atoms with Crippen molar-refractivity contribution in [3.63, 3.8) is 0 Å². The van der Waals surface area contributed by atoms with Gasteiger partial charge in [0.25, 0.3) is 0 Å². The number of aliphatic carboxylic acids is 1. The normalized spacial score (nSPS) is 9.57.